The minimum absolute atomic E-state index is 0.209. The lowest BCUT2D eigenvalue weighted by Gasteiger charge is -2.04. The van der Waals surface area contributed by atoms with Gasteiger partial charge < -0.3 is 10.1 Å². The van der Waals surface area contributed by atoms with Gasteiger partial charge in [0.15, 0.2) is 0 Å². The van der Waals surface area contributed by atoms with E-state index < -0.39 is 0 Å². The molecule has 1 aromatic rings. The molecule has 0 radical (unpaired) electrons. The Labute approximate surface area is 82.4 Å². The molecule has 0 saturated heterocycles. The first-order valence-corrected chi connectivity index (χ1v) is 4.46. The number of rotatable bonds is 2. The molecule has 0 aliphatic carbocycles. The minimum Gasteiger partial charge on any atom is -0.432 e. The van der Waals surface area contributed by atoms with Crippen molar-refractivity contribution in [1.82, 2.24) is 0 Å². The van der Waals surface area contributed by atoms with Crippen LogP contribution >= 0.6 is 0 Å². The Balaban J connectivity index is 2.04. The Hall–Kier alpha value is -1.77. The summed E-state index contributed by atoms with van der Waals surface area (Å²) in [6, 6.07) is 7.97. The highest BCUT2D eigenvalue weighted by Crippen LogP contribution is 2.16. The van der Waals surface area contributed by atoms with Gasteiger partial charge in [0.1, 0.15) is 6.26 Å². The fourth-order valence-corrected chi connectivity index (χ4v) is 1.27. The Morgan fingerprint density at radius 3 is 2.57 bits per heavy atom. The molecule has 1 aliphatic heterocycles. The van der Waals surface area contributed by atoms with Gasteiger partial charge in [-0.3, -0.25) is 4.79 Å². The molecule has 0 bridgehead atoms. The van der Waals surface area contributed by atoms with E-state index in [0.29, 0.717) is 6.42 Å². The molecule has 1 aromatic carbocycles. The first-order valence-electron chi connectivity index (χ1n) is 4.46. The Morgan fingerprint density at radius 2 is 2.00 bits per heavy atom. The summed E-state index contributed by atoms with van der Waals surface area (Å²) in [5.74, 6) is -0.209. The average molecular weight is 189 g/mol. The number of carbonyl (C=O) groups excluding carboxylic acids is 1. The zero-order valence-electron chi connectivity index (χ0n) is 7.91. The number of ether oxygens (including phenoxy) is 1. The normalized spacial score (nSPS) is 14.9. The van der Waals surface area contributed by atoms with E-state index in [9.17, 15) is 4.79 Å². The van der Waals surface area contributed by atoms with Gasteiger partial charge in [-0.15, -0.1) is 0 Å². The van der Waals surface area contributed by atoms with Crippen LogP contribution in [0.25, 0.3) is 0 Å². The first kappa shape index (κ1) is 8.81. The third kappa shape index (κ3) is 1.93. The first-order chi connectivity index (χ1) is 6.74. The van der Waals surface area contributed by atoms with Crippen molar-refractivity contribution in [3.8, 4) is 0 Å². The van der Waals surface area contributed by atoms with Crippen molar-refractivity contribution in [2.75, 3.05) is 5.32 Å². The van der Waals surface area contributed by atoms with Crippen LogP contribution in [0.2, 0.25) is 0 Å². The van der Waals surface area contributed by atoms with Gasteiger partial charge in [0.05, 0.1) is 12.1 Å². The molecule has 1 aliphatic rings. The van der Waals surface area contributed by atoms with E-state index in [1.807, 2.05) is 31.2 Å². The zero-order valence-corrected chi connectivity index (χ0v) is 7.91. The van der Waals surface area contributed by atoms with Crippen LogP contribution in [0.5, 0.6) is 0 Å². The number of esters is 1. The van der Waals surface area contributed by atoms with Crippen LogP contribution in [0.4, 0.5) is 5.69 Å². The average Bonchev–Trinajstić information content (AvgIpc) is 2.56. The molecule has 3 nitrogen and oxygen atoms in total. The number of anilines is 1. The van der Waals surface area contributed by atoms with Crippen LogP contribution in [0.3, 0.4) is 0 Å². The summed E-state index contributed by atoms with van der Waals surface area (Å²) in [6.07, 6.45) is 1.79. The van der Waals surface area contributed by atoms with Gasteiger partial charge in [0.25, 0.3) is 0 Å². The van der Waals surface area contributed by atoms with Crippen LogP contribution in [-0.4, -0.2) is 5.97 Å². The monoisotopic (exact) mass is 189 g/mol. The van der Waals surface area contributed by atoms with Gasteiger partial charge in [-0.1, -0.05) is 17.7 Å². The summed E-state index contributed by atoms with van der Waals surface area (Å²) in [5, 5.41) is 3.11. The van der Waals surface area contributed by atoms with Crippen LogP contribution in [0, 0.1) is 6.92 Å². The van der Waals surface area contributed by atoms with Crippen molar-refractivity contribution in [3.63, 3.8) is 0 Å². The molecule has 1 N–H and O–H groups in total. The fraction of sp³-hybridized carbons (Fsp3) is 0.182. The lowest BCUT2D eigenvalue weighted by atomic mass is 10.2. The molecule has 0 spiro atoms. The maximum Gasteiger partial charge on any atom is 0.316 e. The van der Waals surface area contributed by atoms with E-state index in [4.69, 9.17) is 4.74 Å². The van der Waals surface area contributed by atoms with E-state index in [2.05, 4.69) is 5.32 Å². The van der Waals surface area contributed by atoms with Crippen molar-refractivity contribution < 1.29 is 9.53 Å². The van der Waals surface area contributed by atoms with Crippen LogP contribution in [0.15, 0.2) is 36.2 Å². The summed E-state index contributed by atoms with van der Waals surface area (Å²) >= 11 is 0. The molecule has 0 saturated carbocycles. The number of benzene rings is 1. The Bertz CT molecular complexity index is 379. The highest BCUT2D eigenvalue weighted by atomic mass is 16.5. The lowest BCUT2D eigenvalue weighted by Crippen LogP contribution is -1.99. The number of carbonyl (C=O) groups is 1. The van der Waals surface area contributed by atoms with Crippen molar-refractivity contribution in [3.05, 3.63) is 41.8 Å². The molecule has 1 heterocycles. The Morgan fingerprint density at radius 1 is 1.29 bits per heavy atom. The summed E-state index contributed by atoms with van der Waals surface area (Å²) in [7, 11) is 0. The molecule has 2 rings (SSSR count). The summed E-state index contributed by atoms with van der Waals surface area (Å²) in [4.78, 5) is 10.8. The van der Waals surface area contributed by atoms with Crippen LogP contribution < -0.4 is 5.32 Å². The summed E-state index contributed by atoms with van der Waals surface area (Å²) in [5.41, 5.74) is 2.99. The summed E-state index contributed by atoms with van der Waals surface area (Å²) in [6.45, 7) is 2.03. The molecule has 72 valence electrons. The maximum absolute atomic E-state index is 10.8. The van der Waals surface area contributed by atoms with Crippen molar-refractivity contribution >= 4 is 11.7 Å². The van der Waals surface area contributed by atoms with Crippen molar-refractivity contribution in [2.24, 2.45) is 0 Å². The fourth-order valence-electron chi connectivity index (χ4n) is 1.27. The second-order valence-electron chi connectivity index (χ2n) is 3.30. The van der Waals surface area contributed by atoms with E-state index in [-0.39, 0.29) is 5.97 Å². The second kappa shape index (κ2) is 3.54. The van der Waals surface area contributed by atoms with Crippen molar-refractivity contribution in [1.29, 1.82) is 0 Å². The quantitative estimate of drug-likeness (QED) is 0.725. The number of hydrogen-bond donors (Lipinski definition) is 1. The number of aryl methyl sites for hydroxylation is 1. The lowest BCUT2D eigenvalue weighted by molar-refractivity contribution is -0.135. The van der Waals surface area contributed by atoms with Crippen LogP contribution in [0.1, 0.15) is 12.0 Å². The highest BCUT2D eigenvalue weighted by molar-refractivity contribution is 5.77. The third-order valence-corrected chi connectivity index (χ3v) is 2.02. The van der Waals surface area contributed by atoms with Crippen LogP contribution in [-0.2, 0) is 9.53 Å². The predicted molar refractivity (Wildman–Crippen MR) is 53.6 cm³/mol. The topological polar surface area (TPSA) is 38.3 Å². The number of nitrogens with one attached hydrogen (secondary N) is 1. The minimum atomic E-state index is -0.209. The smallest absolute Gasteiger partial charge is 0.316 e. The van der Waals surface area contributed by atoms with Gasteiger partial charge in [0.2, 0.25) is 0 Å². The predicted octanol–water partition coefficient (Wildman–Crippen LogP) is 2.20. The summed E-state index contributed by atoms with van der Waals surface area (Å²) < 4.78 is 4.70. The van der Waals surface area contributed by atoms with Crippen molar-refractivity contribution in [2.45, 2.75) is 13.3 Å². The van der Waals surface area contributed by atoms with Gasteiger partial charge in [-0.05, 0) is 19.1 Å². The van der Waals surface area contributed by atoms with E-state index in [0.717, 1.165) is 11.4 Å². The molecule has 0 unspecified atom stereocenters. The number of cyclic esters (lactones) is 1. The molecular weight excluding hydrogens is 178 g/mol. The molecule has 0 aromatic heterocycles. The molecule has 3 heteroatoms. The van der Waals surface area contributed by atoms with Gasteiger partial charge in [-0.25, -0.2) is 0 Å². The molecule has 0 atom stereocenters. The molecule has 0 fully saturated rings. The van der Waals surface area contributed by atoms with E-state index in [1.54, 1.807) is 0 Å². The molecule has 14 heavy (non-hydrogen) atoms. The highest BCUT2D eigenvalue weighted by Gasteiger charge is 2.14. The standard InChI is InChI=1S/C11H11NO2/c1-8-2-4-9(5-3-8)12-10-6-11(13)14-7-10/h2-5,7,12H,6H2,1H3. The molecule has 0 amide bonds. The van der Waals surface area contributed by atoms with Gasteiger partial charge in [0, 0.05) is 5.69 Å². The zero-order chi connectivity index (χ0) is 9.97. The second-order valence-corrected chi connectivity index (χ2v) is 3.30. The van der Waals surface area contributed by atoms with Gasteiger partial charge >= 0.3 is 5.97 Å². The van der Waals surface area contributed by atoms with Gasteiger partial charge in [-0.2, -0.15) is 0 Å². The largest absolute Gasteiger partial charge is 0.432 e. The van der Waals surface area contributed by atoms with E-state index in [1.165, 1.54) is 11.8 Å². The Kier molecular flexibility index (Phi) is 2.23. The third-order valence-electron chi connectivity index (χ3n) is 2.02. The SMILES string of the molecule is Cc1ccc(NC2=COC(=O)C2)cc1. The van der Waals surface area contributed by atoms with E-state index >= 15 is 0 Å². The number of hydrogen-bond acceptors (Lipinski definition) is 3. The maximum atomic E-state index is 10.8. The molecular formula is C11H11NO2.